The third kappa shape index (κ3) is 2.09. The summed E-state index contributed by atoms with van der Waals surface area (Å²) < 4.78 is 18.9. The summed E-state index contributed by atoms with van der Waals surface area (Å²) in [5.41, 5.74) is 0.212. The van der Waals surface area contributed by atoms with E-state index < -0.39 is 11.4 Å². The first-order valence-electron chi connectivity index (χ1n) is 6.32. The summed E-state index contributed by atoms with van der Waals surface area (Å²) in [7, 11) is 0. The van der Waals surface area contributed by atoms with Gasteiger partial charge in [0.15, 0.2) is 11.7 Å². The van der Waals surface area contributed by atoms with Gasteiger partial charge in [0.25, 0.3) is 5.56 Å². The highest BCUT2D eigenvalue weighted by Crippen LogP contribution is 2.17. The topological polar surface area (TPSA) is 71.8 Å². The molecular weight excluding hydrogens is 261 g/mol. The van der Waals surface area contributed by atoms with Crippen molar-refractivity contribution in [3.63, 3.8) is 0 Å². The summed E-state index contributed by atoms with van der Waals surface area (Å²) in [5.74, 6) is 0.276. The van der Waals surface area contributed by atoms with Crippen LogP contribution in [0.4, 0.5) is 4.39 Å². The molecule has 20 heavy (non-hydrogen) atoms. The third-order valence-corrected chi connectivity index (χ3v) is 2.94. The van der Waals surface area contributed by atoms with E-state index in [-0.39, 0.29) is 11.2 Å². The van der Waals surface area contributed by atoms with Crippen LogP contribution in [0.3, 0.4) is 0 Å². The molecule has 5 nitrogen and oxygen atoms in total. The van der Waals surface area contributed by atoms with Crippen molar-refractivity contribution in [2.75, 3.05) is 0 Å². The van der Waals surface area contributed by atoms with E-state index in [0.29, 0.717) is 23.5 Å². The Kier molecular flexibility index (Phi) is 3.06. The number of H-pyrrole nitrogens is 1. The molecule has 2 aromatic heterocycles. The predicted molar refractivity (Wildman–Crippen MR) is 71.8 cm³/mol. The van der Waals surface area contributed by atoms with Crippen molar-refractivity contribution in [3.05, 3.63) is 46.5 Å². The first kappa shape index (κ1) is 12.5. The minimum absolute atomic E-state index is 0.0477. The lowest BCUT2D eigenvalue weighted by atomic mass is 10.2. The average molecular weight is 273 g/mol. The van der Waals surface area contributed by atoms with E-state index in [4.69, 9.17) is 4.42 Å². The molecule has 3 rings (SSSR count). The van der Waals surface area contributed by atoms with Crippen molar-refractivity contribution in [3.8, 4) is 11.5 Å². The molecule has 0 saturated carbocycles. The van der Waals surface area contributed by atoms with Gasteiger partial charge in [0, 0.05) is 6.42 Å². The number of rotatable bonds is 3. The molecular formula is C14H12FN3O2. The number of nitrogens with zero attached hydrogens (tertiary/aromatic N) is 2. The van der Waals surface area contributed by atoms with Gasteiger partial charge in [-0.3, -0.25) is 4.79 Å². The van der Waals surface area contributed by atoms with Gasteiger partial charge < -0.3 is 9.40 Å². The van der Waals surface area contributed by atoms with Crippen LogP contribution in [0.25, 0.3) is 22.4 Å². The summed E-state index contributed by atoms with van der Waals surface area (Å²) in [6, 6.07) is 4.33. The minimum Gasteiger partial charge on any atom is -0.448 e. The first-order valence-corrected chi connectivity index (χ1v) is 6.32. The second kappa shape index (κ2) is 4.88. The van der Waals surface area contributed by atoms with Crippen molar-refractivity contribution in [2.24, 2.45) is 0 Å². The maximum atomic E-state index is 13.6. The highest BCUT2D eigenvalue weighted by atomic mass is 19.1. The number of hydrogen-bond acceptors (Lipinski definition) is 4. The maximum Gasteiger partial charge on any atom is 0.262 e. The number of benzene rings is 1. The molecule has 0 aliphatic rings. The number of aromatic amines is 1. The van der Waals surface area contributed by atoms with Gasteiger partial charge in [-0.15, -0.1) is 0 Å². The van der Waals surface area contributed by atoms with Crippen LogP contribution in [0.5, 0.6) is 0 Å². The molecule has 0 bridgehead atoms. The smallest absolute Gasteiger partial charge is 0.262 e. The van der Waals surface area contributed by atoms with Crippen molar-refractivity contribution < 1.29 is 8.81 Å². The number of fused-ring (bicyclic) bond motifs is 1. The monoisotopic (exact) mass is 273 g/mol. The van der Waals surface area contributed by atoms with Gasteiger partial charge in [-0.1, -0.05) is 13.0 Å². The van der Waals surface area contributed by atoms with Gasteiger partial charge in [-0.25, -0.2) is 14.4 Å². The molecule has 0 aliphatic carbocycles. The number of nitrogens with one attached hydrogen (secondary N) is 1. The van der Waals surface area contributed by atoms with Crippen LogP contribution in [-0.2, 0) is 6.42 Å². The van der Waals surface area contributed by atoms with Crippen LogP contribution < -0.4 is 5.56 Å². The molecule has 102 valence electrons. The lowest BCUT2D eigenvalue weighted by molar-refractivity contribution is 0.491. The molecule has 0 amide bonds. The molecule has 0 unspecified atom stereocenters. The van der Waals surface area contributed by atoms with E-state index in [2.05, 4.69) is 15.0 Å². The predicted octanol–water partition coefficient (Wildman–Crippen LogP) is 2.67. The van der Waals surface area contributed by atoms with Crippen LogP contribution in [0.1, 0.15) is 19.2 Å². The summed E-state index contributed by atoms with van der Waals surface area (Å²) in [5, 5.41) is -0.0477. The highest BCUT2D eigenvalue weighted by molar-refractivity contribution is 5.79. The molecule has 0 spiro atoms. The highest BCUT2D eigenvalue weighted by Gasteiger charge is 2.12. The molecule has 0 atom stereocenters. The van der Waals surface area contributed by atoms with E-state index in [1.807, 2.05) is 6.92 Å². The van der Waals surface area contributed by atoms with Crippen molar-refractivity contribution in [1.29, 1.82) is 0 Å². The number of hydrogen-bond donors (Lipinski definition) is 1. The molecule has 3 aromatic rings. The van der Waals surface area contributed by atoms with E-state index in [1.165, 1.54) is 18.4 Å². The Morgan fingerprint density at radius 3 is 3.00 bits per heavy atom. The maximum absolute atomic E-state index is 13.6. The number of aromatic nitrogens is 3. The minimum atomic E-state index is -0.588. The molecule has 0 aliphatic heterocycles. The van der Waals surface area contributed by atoms with Crippen molar-refractivity contribution >= 4 is 10.9 Å². The van der Waals surface area contributed by atoms with Gasteiger partial charge in [-0.2, -0.15) is 0 Å². The van der Waals surface area contributed by atoms with Crippen LogP contribution in [0, 0.1) is 5.82 Å². The van der Waals surface area contributed by atoms with Gasteiger partial charge >= 0.3 is 0 Å². The first-order chi connectivity index (χ1) is 9.69. The summed E-state index contributed by atoms with van der Waals surface area (Å²) in [4.78, 5) is 22.9. The standard InChI is InChI=1S/C14H12FN3O2/c1-2-4-11-16-10(7-20-11)13-17-9-6-3-5-8(15)12(9)14(19)18-13/h3,5-7H,2,4H2,1H3,(H,17,18,19). The van der Waals surface area contributed by atoms with E-state index >= 15 is 0 Å². The normalized spacial score (nSPS) is 11.1. The third-order valence-electron chi connectivity index (χ3n) is 2.94. The number of halogens is 1. The fraction of sp³-hybridized carbons (Fsp3) is 0.214. The zero-order chi connectivity index (χ0) is 14.1. The summed E-state index contributed by atoms with van der Waals surface area (Å²) in [6.45, 7) is 2.02. The SMILES string of the molecule is CCCc1nc(-c2nc3cccc(F)c3c(=O)[nH]2)co1. The van der Waals surface area contributed by atoms with E-state index in [9.17, 15) is 9.18 Å². The fourth-order valence-corrected chi connectivity index (χ4v) is 2.02. The van der Waals surface area contributed by atoms with Crippen LogP contribution in [-0.4, -0.2) is 15.0 Å². The largest absolute Gasteiger partial charge is 0.448 e. The Labute approximate surface area is 113 Å². The van der Waals surface area contributed by atoms with Gasteiger partial charge in [-0.05, 0) is 18.6 Å². The zero-order valence-corrected chi connectivity index (χ0v) is 10.8. The zero-order valence-electron chi connectivity index (χ0n) is 10.8. The Morgan fingerprint density at radius 2 is 2.20 bits per heavy atom. The van der Waals surface area contributed by atoms with Crippen molar-refractivity contribution in [2.45, 2.75) is 19.8 Å². The van der Waals surface area contributed by atoms with Gasteiger partial charge in [0.2, 0.25) is 0 Å². The number of aryl methyl sites for hydroxylation is 1. The second-order valence-corrected chi connectivity index (χ2v) is 4.42. The Hall–Kier alpha value is -2.50. The van der Waals surface area contributed by atoms with Crippen LogP contribution in [0.2, 0.25) is 0 Å². The van der Waals surface area contributed by atoms with Crippen LogP contribution >= 0.6 is 0 Å². The fourth-order valence-electron chi connectivity index (χ4n) is 2.02. The number of oxazole rings is 1. The Balaban J connectivity index is 2.15. The second-order valence-electron chi connectivity index (χ2n) is 4.42. The molecule has 6 heteroatoms. The quantitative estimate of drug-likeness (QED) is 0.796. The van der Waals surface area contributed by atoms with Crippen LogP contribution in [0.15, 0.2) is 33.7 Å². The molecule has 1 aromatic carbocycles. The Bertz CT molecular complexity index is 823. The lowest BCUT2D eigenvalue weighted by Gasteiger charge is -2.00. The lowest BCUT2D eigenvalue weighted by Crippen LogP contribution is -2.11. The van der Waals surface area contributed by atoms with Crippen molar-refractivity contribution in [1.82, 2.24) is 15.0 Å². The molecule has 1 N–H and O–H groups in total. The van der Waals surface area contributed by atoms with Gasteiger partial charge in [0.1, 0.15) is 23.2 Å². The Morgan fingerprint density at radius 1 is 1.35 bits per heavy atom. The summed E-state index contributed by atoms with van der Waals surface area (Å²) in [6.07, 6.45) is 3.06. The van der Waals surface area contributed by atoms with E-state index in [0.717, 1.165) is 6.42 Å². The van der Waals surface area contributed by atoms with E-state index in [1.54, 1.807) is 6.07 Å². The van der Waals surface area contributed by atoms with Gasteiger partial charge in [0.05, 0.1) is 5.52 Å². The molecule has 0 fully saturated rings. The molecule has 0 saturated heterocycles. The summed E-state index contributed by atoms with van der Waals surface area (Å²) >= 11 is 0. The molecule has 0 radical (unpaired) electrons. The molecule has 2 heterocycles. The average Bonchev–Trinajstić information content (AvgIpc) is 2.87.